The zero-order valence-corrected chi connectivity index (χ0v) is 24.9. The summed E-state index contributed by atoms with van der Waals surface area (Å²) in [4.78, 5) is 35.1. The van der Waals surface area contributed by atoms with Crippen molar-refractivity contribution in [1.29, 1.82) is 0 Å². The minimum atomic E-state index is -0.286. The first-order valence-electron chi connectivity index (χ1n) is 15.6. The molecule has 1 N–H and O–H groups in total. The number of carbonyl (C=O) groups excluding carboxylic acids is 1. The van der Waals surface area contributed by atoms with Gasteiger partial charge in [0.15, 0.2) is 10.8 Å². The number of imidazole rings is 1. The Balaban J connectivity index is 0.929. The lowest BCUT2D eigenvalue weighted by Gasteiger charge is -2.49. The molecule has 222 valence electrons. The maximum atomic E-state index is 13.4. The van der Waals surface area contributed by atoms with E-state index in [1.54, 1.807) is 6.33 Å². The Morgan fingerprint density at radius 3 is 2.40 bits per heavy atom. The normalized spacial score (nSPS) is 21.7. The molecule has 5 aliphatic rings. The number of nitrogens with zero attached hydrogens (tertiary/aromatic N) is 10. The average Bonchev–Trinajstić information content (AvgIpc) is 3.98. The number of aromatic nitrogens is 7. The standard InChI is InChI=1S/C30H35N11OS/c42-29(34-27-16-43-30(35-27)28-36-33-18-41(28)21-5-6-21)23-11-25(40-15-24(32-17-40)19-1-2-19)26(12-31-23)39-13-22(14-39)38-9-7-37(8-10-38)20-3-4-20/h11-12,15-22H,1-10,13-14H2,(H,34,42). The predicted molar refractivity (Wildman–Crippen MR) is 163 cm³/mol. The first-order valence-corrected chi connectivity index (χ1v) is 16.5. The molecule has 0 bridgehead atoms. The fourth-order valence-electron chi connectivity index (χ4n) is 6.49. The van der Waals surface area contributed by atoms with Gasteiger partial charge in [0.05, 0.1) is 29.6 Å². The van der Waals surface area contributed by atoms with Crippen LogP contribution in [-0.2, 0) is 0 Å². The van der Waals surface area contributed by atoms with Gasteiger partial charge in [-0.15, -0.1) is 21.5 Å². The second kappa shape index (κ2) is 10.2. The van der Waals surface area contributed by atoms with Gasteiger partial charge in [-0.25, -0.2) is 15.0 Å². The van der Waals surface area contributed by atoms with E-state index in [2.05, 4.69) is 55.5 Å². The van der Waals surface area contributed by atoms with Crippen molar-refractivity contribution in [1.82, 2.24) is 44.1 Å². The van der Waals surface area contributed by atoms with Crippen molar-refractivity contribution < 1.29 is 4.79 Å². The lowest BCUT2D eigenvalue weighted by atomic mass is 10.0. The molecule has 0 radical (unpaired) electrons. The van der Waals surface area contributed by atoms with E-state index < -0.39 is 0 Å². The van der Waals surface area contributed by atoms with Crippen molar-refractivity contribution in [2.24, 2.45) is 0 Å². The molecule has 3 saturated carbocycles. The van der Waals surface area contributed by atoms with E-state index in [-0.39, 0.29) is 5.91 Å². The summed E-state index contributed by atoms with van der Waals surface area (Å²) in [5.41, 5.74) is 3.45. The van der Waals surface area contributed by atoms with Crippen LogP contribution in [0.1, 0.15) is 66.7 Å². The van der Waals surface area contributed by atoms with Gasteiger partial charge < -0.3 is 19.4 Å². The number of carbonyl (C=O) groups is 1. The lowest BCUT2D eigenvalue weighted by molar-refractivity contribution is 0.0793. The summed E-state index contributed by atoms with van der Waals surface area (Å²) in [7, 11) is 0. The highest BCUT2D eigenvalue weighted by Crippen LogP contribution is 2.40. The zero-order chi connectivity index (χ0) is 28.5. The van der Waals surface area contributed by atoms with Gasteiger partial charge in [0.25, 0.3) is 5.91 Å². The third-order valence-electron chi connectivity index (χ3n) is 9.55. The summed E-state index contributed by atoms with van der Waals surface area (Å²) < 4.78 is 4.14. The smallest absolute Gasteiger partial charge is 0.275 e. The van der Waals surface area contributed by atoms with Crippen LogP contribution in [-0.4, -0.2) is 101 Å². The summed E-state index contributed by atoms with van der Waals surface area (Å²) in [5, 5.41) is 13.9. The van der Waals surface area contributed by atoms with Crippen LogP contribution < -0.4 is 10.2 Å². The van der Waals surface area contributed by atoms with Crippen LogP contribution >= 0.6 is 11.3 Å². The Kier molecular flexibility index (Phi) is 6.12. The first-order chi connectivity index (χ1) is 21.2. The molecule has 6 heterocycles. The van der Waals surface area contributed by atoms with Gasteiger partial charge in [-0.05, 0) is 44.6 Å². The topological polar surface area (TPSA) is 113 Å². The van der Waals surface area contributed by atoms with Crippen molar-refractivity contribution >= 4 is 28.7 Å². The Labute approximate surface area is 253 Å². The van der Waals surface area contributed by atoms with E-state index in [4.69, 9.17) is 4.98 Å². The molecule has 0 aromatic carbocycles. The summed E-state index contributed by atoms with van der Waals surface area (Å²) >= 11 is 1.45. The van der Waals surface area contributed by atoms with Crippen molar-refractivity contribution in [3.8, 4) is 16.5 Å². The summed E-state index contributed by atoms with van der Waals surface area (Å²) in [6, 6.07) is 3.76. The molecule has 1 amide bonds. The fourth-order valence-corrected chi connectivity index (χ4v) is 7.23. The van der Waals surface area contributed by atoms with E-state index >= 15 is 0 Å². The van der Waals surface area contributed by atoms with Crippen molar-refractivity contribution in [3.63, 3.8) is 0 Å². The summed E-state index contributed by atoms with van der Waals surface area (Å²) in [5.74, 6) is 1.52. The maximum absolute atomic E-state index is 13.4. The van der Waals surface area contributed by atoms with E-state index in [0.717, 1.165) is 73.0 Å². The number of thiazole rings is 1. The highest BCUT2D eigenvalue weighted by atomic mass is 32.1. The first kappa shape index (κ1) is 25.8. The van der Waals surface area contributed by atoms with Gasteiger partial charge in [0, 0.05) is 74.9 Å². The van der Waals surface area contributed by atoms with Crippen LogP contribution in [0.25, 0.3) is 16.5 Å². The van der Waals surface area contributed by atoms with Gasteiger partial charge >= 0.3 is 0 Å². The lowest BCUT2D eigenvalue weighted by Crippen LogP contribution is -2.63. The second-order valence-corrected chi connectivity index (χ2v) is 13.5. The minimum Gasteiger partial charge on any atom is -0.365 e. The van der Waals surface area contributed by atoms with E-state index in [9.17, 15) is 4.79 Å². The molecular formula is C30H35N11OS. The van der Waals surface area contributed by atoms with Crippen molar-refractivity contribution in [2.75, 3.05) is 49.5 Å². The molecule has 5 fully saturated rings. The number of piperazine rings is 1. The number of rotatable bonds is 9. The Hall–Kier alpha value is -3.68. The highest BCUT2D eigenvalue weighted by Gasteiger charge is 2.38. The van der Waals surface area contributed by atoms with E-state index in [0.29, 0.717) is 29.5 Å². The van der Waals surface area contributed by atoms with E-state index in [1.165, 1.54) is 50.1 Å². The third kappa shape index (κ3) is 5.02. The monoisotopic (exact) mass is 597 g/mol. The molecule has 9 rings (SSSR count). The highest BCUT2D eigenvalue weighted by molar-refractivity contribution is 7.13. The van der Waals surface area contributed by atoms with Crippen LogP contribution in [0.15, 0.2) is 36.5 Å². The Bertz CT molecular complexity index is 1650. The summed E-state index contributed by atoms with van der Waals surface area (Å²) in [6.45, 7) is 6.64. The number of hydrogen-bond donors (Lipinski definition) is 1. The van der Waals surface area contributed by atoms with Crippen LogP contribution in [0, 0.1) is 0 Å². The van der Waals surface area contributed by atoms with E-state index in [1.807, 2.05) is 24.0 Å². The molecule has 0 unspecified atom stereocenters. The molecule has 43 heavy (non-hydrogen) atoms. The number of amides is 1. The molecule has 3 aliphatic carbocycles. The van der Waals surface area contributed by atoms with Crippen LogP contribution in [0.4, 0.5) is 11.5 Å². The van der Waals surface area contributed by atoms with Crippen molar-refractivity contribution in [2.45, 2.75) is 62.6 Å². The van der Waals surface area contributed by atoms with Gasteiger partial charge in [0.1, 0.15) is 17.8 Å². The summed E-state index contributed by atoms with van der Waals surface area (Å²) in [6.07, 6.45) is 15.1. The fraction of sp³-hybridized carbons (Fsp3) is 0.533. The molecule has 4 aromatic heterocycles. The third-order valence-corrected chi connectivity index (χ3v) is 10.4. The average molecular weight is 598 g/mol. The molecule has 13 heteroatoms. The predicted octanol–water partition coefficient (Wildman–Crippen LogP) is 3.42. The second-order valence-electron chi connectivity index (χ2n) is 12.7. The molecule has 0 atom stereocenters. The number of anilines is 2. The van der Waals surface area contributed by atoms with Crippen LogP contribution in [0.2, 0.25) is 0 Å². The molecule has 2 saturated heterocycles. The molecule has 12 nitrogen and oxygen atoms in total. The van der Waals surface area contributed by atoms with Gasteiger partial charge in [0.2, 0.25) is 0 Å². The molecule has 0 spiro atoms. The van der Waals surface area contributed by atoms with Crippen molar-refractivity contribution in [3.05, 3.63) is 47.9 Å². The number of pyridine rings is 1. The SMILES string of the molecule is O=C(Nc1csc(-c2nncn2C2CC2)n1)c1cc(-n2cnc(C3CC3)c2)c(N2CC(N3CCN(C4CC4)CC3)C2)cn1. The van der Waals surface area contributed by atoms with Gasteiger partial charge in [-0.3, -0.25) is 14.6 Å². The quantitative estimate of drug-likeness (QED) is 0.310. The molecular weight excluding hydrogens is 562 g/mol. The minimum absolute atomic E-state index is 0.286. The number of nitrogens with one attached hydrogen (secondary N) is 1. The number of hydrogen-bond acceptors (Lipinski definition) is 10. The largest absolute Gasteiger partial charge is 0.365 e. The Morgan fingerprint density at radius 1 is 0.884 bits per heavy atom. The van der Waals surface area contributed by atoms with Gasteiger partial charge in [-0.1, -0.05) is 0 Å². The Morgan fingerprint density at radius 2 is 1.65 bits per heavy atom. The zero-order valence-electron chi connectivity index (χ0n) is 24.0. The molecule has 2 aliphatic heterocycles. The maximum Gasteiger partial charge on any atom is 0.275 e. The van der Waals surface area contributed by atoms with Crippen LogP contribution in [0.5, 0.6) is 0 Å². The van der Waals surface area contributed by atoms with Crippen LogP contribution in [0.3, 0.4) is 0 Å². The van der Waals surface area contributed by atoms with Gasteiger partial charge in [-0.2, -0.15) is 0 Å². The molecule has 4 aromatic rings.